The number of pyridine rings is 1. The minimum Gasteiger partial charge on any atom is -0.265 e. The minimum atomic E-state index is -3.01. The van der Waals surface area contributed by atoms with Crippen LogP contribution in [-0.4, -0.2) is 36.5 Å². The molecular weight excluding hydrogens is 236 g/mol. The van der Waals surface area contributed by atoms with Crippen molar-refractivity contribution in [2.45, 2.75) is 25.7 Å². The van der Waals surface area contributed by atoms with Crippen molar-refractivity contribution in [2.75, 3.05) is 18.8 Å². The summed E-state index contributed by atoms with van der Waals surface area (Å²) >= 11 is 0. The van der Waals surface area contributed by atoms with Gasteiger partial charge >= 0.3 is 0 Å². The lowest BCUT2D eigenvalue weighted by atomic mass is 10.0. The fraction of sp³-hybridized carbons (Fsp3) is 0.583. The zero-order chi connectivity index (χ0) is 12.3. The standard InChI is InChI=1S/C12H18N2O2S/c1-11(12-4-6-13-7-5-12)10-14-8-2-3-9-17(14,15)16/h4-7,11H,2-3,8-10H2,1H3. The van der Waals surface area contributed by atoms with Crippen LogP contribution in [0.4, 0.5) is 0 Å². The molecule has 1 aromatic heterocycles. The van der Waals surface area contributed by atoms with Crippen LogP contribution in [0, 0.1) is 0 Å². The number of nitrogens with zero attached hydrogens (tertiary/aromatic N) is 2. The lowest BCUT2D eigenvalue weighted by Crippen LogP contribution is -2.39. The Morgan fingerprint density at radius 3 is 2.71 bits per heavy atom. The van der Waals surface area contributed by atoms with Crippen molar-refractivity contribution < 1.29 is 8.42 Å². The number of aromatic nitrogens is 1. The topological polar surface area (TPSA) is 50.3 Å². The predicted octanol–water partition coefficient (Wildman–Crippen LogP) is 1.61. The zero-order valence-electron chi connectivity index (χ0n) is 10.0. The normalized spacial score (nSPS) is 22.2. The first-order valence-corrected chi connectivity index (χ1v) is 7.58. The Balaban J connectivity index is 2.06. The molecule has 5 heteroatoms. The fourth-order valence-corrected chi connectivity index (χ4v) is 3.83. The van der Waals surface area contributed by atoms with E-state index in [2.05, 4.69) is 11.9 Å². The van der Waals surface area contributed by atoms with Crippen molar-refractivity contribution in [2.24, 2.45) is 0 Å². The van der Waals surface area contributed by atoms with Gasteiger partial charge in [0.15, 0.2) is 0 Å². The molecule has 1 atom stereocenters. The third-order valence-electron chi connectivity index (χ3n) is 3.21. The first-order chi connectivity index (χ1) is 8.09. The summed E-state index contributed by atoms with van der Waals surface area (Å²) in [6.45, 7) is 3.30. The third-order valence-corrected chi connectivity index (χ3v) is 5.13. The van der Waals surface area contributed by atoms with Crippen molar-refractivity contribution in [3.63, 3.8) is 0 Å². The van der Waals surface area contributed by atoms with Gasteiger partial charge in [0.25, 0.3) is 0 Å². The van der Waals surface area contributed by atoms with E-state index in [1.807, 2.05) is 12.1 Å². The van der Waals surface area contributed by atoms with Gasteiger partial charge in [-0.15, -0.1) is 0 Å². The summed E-state index contributed by atoms with van der Waals surface area (Å²) in [5.41, 5.74) is 1.14. The fourth-order valence-electron chi connectivity index (χ4n) is 2.15. The van der Waals surface area contributed by atoms with E-state index in [-0.39, 0.29) is 5.92 Å². The number of sulfonamides is 1. The second-order valence-corrected chi connectivity index (χ2v) is 6.65. The molecule has 0 N–H and O–H groups in total. The molecule has 0 spiro atoms. The largest absolute Gasteiger partial charge is 0.265 e. The van der Waals surface area contributed by atoms with Crippen LogP contribution >= 0.6 is 0 Å². The summed E-state index contributed by atoms with van der Waals surface area (Å²) in [7, 11) is -3.01. The van der Waals surface area contributed by atoms with Gasteiger partial charge in [-0.25, -0.2) is 12.7 Å². The summed E-state index contributed by atoms with van der Waals surface area (Å²) in [5, 5.41) is 0. The number of rotatable bonds is 3. The van der Waals surface area contributed by atoms with Gasteiger partial charge in [-0.3, -0.25) is 4.98 Å². The molecule has 1 unspecified atom stereocenters. The van der Waals surface area contributed by atoms with Crippen LogP contribution in [0.15, 0.2) is 24.5 Å². The second-order valence-electron chi connectivity index (χ2n) is 4.56. The predicted molar refractivity (Wildman–Crippen MR) is 67.2 cm³/mol. The number of hydrogen-bond acceptors (Lipinski definition) is 3. The lowest BCUT2D eigenvalue weighted by Gasteiger charge is -2.28. The monoisotopic (exact) mass is 254 g/mol. The summed E-state index contributed by atoms with van der Waals surface area (Å²) in [6, 6.07) is 3.89. The lowest BCUT2D eigenvalue weighted by molar-refractivity contribution is 0.367. The molecule has 1 aliphatic heterocycles. The summed E-state index contributed by atoms with van der Waals surface area (Å²) in [4.78, 5) is 3.97. The maximum atomic E-state index is 11.9. The van der Waals surface area contributed by atoms with Gasteiger partial charge in [-0.1, -0.05) is 6.92 Å². The summed E-state index contributed by atoms with van der Waals surface area (Å²) in [6.07, 6.45) is 5.26. The van der Waals surface area contributed by atoms with Gasteiger partial charge < -0.3 is 0 Å². The number of hydrogen-bond donors (Lipinski definition) is 0. The minimum absolute atomic E-state index is 0.214. The Hall–Kier alpha value is -0.940. The van der Waals surface area contributed by atoms with E-state index in [1.165, 1.54) is 0 Å². The molecule has 0 amide bonds. The van der Waals surface area contributed by atoms with Crippen molar-refractivity contribution in [1.82, 2.24) is 9.29 Å². The molecule has 2 heterocycles. The average Bonchev–Trinajstić information content (AvgIpc) is 2.33. The van der Waals surface area contributed by atoms with E-state index in [9.17, 15) is 8.42 Å². The van der Waals surface area contributed by atoms with Crippen LogP contribution in [0.1, 0.15) is 31.2 Å². The molecular formula is C12H18N2O2S. The van der Waals surface area contributed by atoms with E-state index >= 15 is 0 Å². The molecule has 1 saturated heterocycles. The molecule has 0 aliphatic carbocycles. The molecule has 1 aromatic rings. The molecule has 0 radical (unpaired) electrons. The Bertz CT molecular complexity index is 459. The van der Waals surface area contributed by atoms with E-state index in [4.69, 9.17) is 0 Å². The Labute approximate surface area is 103 Å². The highest BCUT2D eigenvalue weighted by molar-refractivity contribution is 7.89. The van der Waals surface area contributed by atoms with E-state index < -0.39 is 10.0 Å². The Kier molecular flexibility index (Phi) is 3.79. The van der Waals surface area contributed by atoms with Crippen molar-refractivity contribution in [3.05, 3.63) is 30.1 Å². The van der Waals surface area contributed by atoms with Gasteiger partial charge in [0.05, 0.1) is 5.75 Å². The van der Waals surface area contributed by atoms with Gasteiger partial charge in [0.2, 0.25) is 10.0 Å². The zero-order valence-corrected chi connectivity index (χ0v) is 10.9. The highest BCUT2D eigenvalue weighted by atomic mass is 32.2. The van der Waals surface area contributed by atoms with E-state index in [0.29, 0.717) is 18.8 Å². The highest BCUT2D eigenvalue weighted by Crippen LogP contribution is 2.20. The van der Waals surface area contributed by atoms with E-state index in [0.717, 1.165) is 18.4 Å². The third kappa shape index (κ3) is 3.04. The van der Waals surface area contributed by atoms with Crippen LogP contribution in [0.5, 0.6) is 0 Å². The van der Waals surface area contributed by atoms with Gasteiger partial charge in [-0.05, 0) is 36.5 Å². The maximum absolute atomic E-state index is 11.9. The summed E-state index contributed by atoms with van der Waals surface area (Å²) < 4.78 is 25.4. The molecule has 17 heavy (non-hydrogen) atoms. The molecule has 2 rings (SSSR count). The second kappa shape index (κ2) is 5.14. The van der Waals surface area contributed by atoms with Gasteiger partial charge in [-0.2, -0.15) is 0 Å². The molecule has 1 fully saturated rings. The van der Waals surface area contributed by atoms with Gasteiger partial charge in [0, 0.05) is 25.5 Å². The molecule has 4 nitrogen and oxygen atoms in total. The first-order valence-electron chi connectivity index (χ1n) is 5.97. The molecule has 1 aliphatic rings. The first kappa shape index (κ1) is 12.5. The van der Waals surface area contributed by atoms with Crippen molar-refractivity contribution >= 4 is 10.0 Å². The van der Waals surface area contributed by atoms with E-state index in [1.54, 1.807) is 16.7 Å². The Morgan fingerprint density at radius 2 is 2.06 bits per heavy atom. The van der Waals surface area contributed by atoms with Crippen LogP contribution in [0.3, 0.4) is 0 Å². The van der Waals surface area contributed by atoms with Crippen LogP contribution in [0.2, 0.25) is 0 Å². The van der Waals surface area contributed by atoms with Crippen molar-refractivity contribution in [3.8, 4) is 0 Å². The van der Waals surface area contributed by atoms with Crippen LogP contribution < -0.4 is 0 Å². The van der Waals surface area contributed by atoms with Crippen LogP contribution in [0.25, 0.3) is 0 Å². The maximum Gasteiger partial charge on any atom is 0.214 e. The average molecular weight is 254 g/mol. The molecule has 0 bridgehead atoms. The highest BCUT2D eigenvalue weighted by Gasteiger charge is 2.27. The quantitative estimate of drug-likeness (QED) is 0.823. The van der Waals surface area contributed by atoms with Crippen LogP contribution in [-0.2, 0) is 10.0 Å². The van der Waals surface area contributed by atoms with Crippen molar-refractivity contribution in [1.29, 1.82) is 0 Å². The molecule has 94 valence electrons. The van der Waals surface area contributed by atoms with Gasteiger partial charge in [0.1, 0.15) is 0 Å². The SMILES string of the molecule is CC(CN1CCCCS1(=O)=O)c1ccncc1. The smallest absolute Gasteiger partial charge is 0.214 e. The summed E-state index contributed by atoms with van der Waals surface area (Å²) in [5.74, 6) is 0.515. The molecule has 0 saturated carbocycles. The Morgan fingerprint density at radius 1 is 1.35 bits per heavy atom. The molecule has 0 aromatic carbocycles.